The van der Waals surface area contributed by atoms with E-state index in [1.165, 1.54) is 19.8 Å². The van der Waals surface area contributed by atoms with Crippen molar-refractivity contribution in [1.82, 2.24) is 0 Å². The van der Waals surface area contributed by atoms with Gasteiger partial charge in [0, 0.05) is 17.8 Å². The Morgan fingerprint density at radius 1 is 0.960 bits per heavy atom. The predicted molar refractivity (Wildman–Crippen MR) is 102 cm³/mol. The highest BCUT2D eigenvalue weighted by atomic mass is 35.5. The van der Waals surface area contributed by atoms with Crippen molar-refractivity contribution in [2.24, 2.45) is 0 Å². The summed E-state index contributed by atoms with van der Waals surface area (Å²) >= 11 is 6.06. The number of halogens is 1. The minimum Gasteiger partial charge on any atom is -0.495 e. The maximum atomic E-state index is 12.3. The summed E-state index contributed by atoms with van der Waals surface area (Å²) in [6.07, 6.45) is 0. The first-order valence-electron chi connectivity index (χ1n) is 7.84. The fourth-order valence-corrected chi connectivity index (χ4v) is 2.53. The van der Waals surface area contributed by atoms with Gasteiger partial charge in [0.15, 0.2) is 0 Å². The van der Waals surface area contributed by atoms with Crippen molar-refractivity contribution >= 4 is 29.0 Å². The number of anilines is 2. The first kappa shape index (κ1) is 18.9. The quantitative estimate of drug-likeness (QED) is 0.775. The van der Waals surface area contributed by atoms with Crippen LogP contribution in [0.3, 0.4) is 0 Å². The summed E-state index contributed by atoms with van der Waals surface area (Å²) in [7, 11) is 3.01. The Morgan fingerprint density at radius 3 is 2.08 bits per heavy atom. The summed E-state index contributed by atoms with van der Waals surface area (Å²) < 4.78 is 10.4. The number of carbonyl (C=O) groups excluding carboxylic acids is 1. The molecule has 0 spiro atoms. The number of benzene rings is 2. The van der Waals surface area contributed by atoms with E-state index in [2.05, 4.69) is 31.4 Å². The summed E-state index contributed by atoms with van der Waals surface area (Å²) in [6, 6.07) is 10.6. The van der Waals surface area contributed by atoms with Crippen LogP contribution in [0.15, 0.2) is 36.4 Å². The largest absolute Gasteiger partial charge is 0.495 e. The normalized spacial score (nSPS) is 11.0. The summed E-state index contributed by atoms with van der Waals surface area (Å²) in [6.45, 7) is 6.42. The number of carbonyl (C=O) groups is 1. The van der Waals surface area contributed by atoms with Gasteiger partial charge in [-0.05, 0) is 23.1 Å². The Labute approximate surface area is 153 Å². The van der Waals surface area contributed by atoms with E-state index in [1.807, 2.05) is 24.3 Å². The summed E-state index contributed by atoms with van der Waals surface area (Å²) in [5, 5.41) is 5.94. The van der Waals surface area contributed by atoms with E-state index in [4.69, 9.17) is 21.1 Å². The molecule has 0 radical (unpaired) electrons. The van der Waals surface area contributed by atoms with Gasteiger partial charge in [0.1, 0.15) is 11.5 Å². The topological polar surface area (TPSA) is 59.6 Å². The Balaban J connectivity index is 2.12. The molecule has 2 aromatic rings. The van der Waals surface area contributed by atoms with Crippen molar-refractivity contribution in [3.05, 3.63) is 47.0 Å². The van der Waals surface area contributed by atoms with E-state index in [-0.39, 0.29) is 11.4 Å². The lowest BCUT2D eigenvalue weighted by Gasteiger charge is -2.19. The van der Waals surface area contributed by atoms with Gasteiger partial charge in [-0.1, -0.05) is 44.5 Å². The van der Waals surface area contributed by atoms with E-state index in [1.54, 1.807) is 12.1 Å². The van der Waals surface area contributed by atoms with Crippen molar-refractivity contribution in [2.45, 2.75) is 26.2 Å². The van der Waals surface area contributed by atoms with Crippen molar-refractivity contribution < 1.29 is 14.3 Å². The first-order chi connectivity index (χ1) is 11.7. The van der Waals surface area contributed by atoms with Gasteiger partial charge >= 0.3 is 6.03 Å². The molecule has 0 aromatic heterocycles. The Morgan fingerprint density at radius 2 is 1.56 bits per heavy atom. The third kappa shape index (κ3) is 4.79. The lowest BCUT2D eigenvalue weighted by Crippen LogP contribution is -2.20. The fraction of sp³-hybridized carbons (Fsp3) is 0.316. The van der Waals surface area contributed by atoms with Crippen molar-refractivity contribution in [1.29, 1.82) is 0 Å². The molecule has 0 heterocycles. The molecule has 5 nitrogen and oxygen atoms in total. The highest BCUT2D eigenvalue weighted by Gasteiger charge is 2.14. The van der Waals surface area contributed by atoms with E-state index in [9.17, 15) is 4.79 Å². The molecular weight excluding hydrogens is 340 g/mol. The van der Waals surface area contributed by atoms with Gasteiger partial charge in [-0.25, -0.2) is 4.79 Å². The zero-order valence-corrected chi connectivity index (χ0v) is 15.8. The summed E-state index contributed by atoms with van der Waals surface area (Å²) in [4.78, 5) is 12.3. The van der Waals surface area contributed by atoms with E-state index >= 15 is 0 Å². The molecule has 0 atom stereocenters. The molecule has 0 fully saturated rings. The lowest BCUT2D eigenvalue weighted by molar-refractivity contribution is 0.262. The molecule has 25 heavy (non-hydrogen) atoms. The minimum absolute atomic E-state index is 0.0635. The summed E-state index contributed by atoms with van der Waals surface area (Å²) in [5.74, 6) is 0.899. The van der Waals surface area contributed by atoms with Crippen LogP contribution in [0.25, 0.3) is 0 Å². The number of rotatable bonds is 4. The number of hydrogen-bond donors (Lipinski definition) is 2. The van der Waals surface area contributed by atoms with E-state index < -0.39 is 0 Å². The molecule has 0 unspecified atom stereocenters. The van der Waals surface area contributed by atoms with Gasteiger partial charge in [0.05, 0.1) is 24.9 Å². The average Bonchev–Trinajstić information content (AvgIpc) is 2.55. The average molecular weight is 363 g/mol. The first-order valence-corrected chi connectivity index (χ1v) is 8.22. The van der Waals surface area contributed by atoms with Crippen LogP contribution in [0.2, 0.25) is 5.02 Å². The molecule has 0 bridgehead atoms. The number of hydrogen-bond acceptors (Lipinski definition) is 3. The number of urea groups is 1. The van der Waals surface area contributed by atoms with Gasteiger partial charge in [-0.15, -0.1) is 0 Å². The molecule has 0 saturated heterocycles. The van der Waals surface area contributed by atoms with Crippen LogP contribution < -0.4 is 20.1 Å². The highest BCUT2D eigenvalue weighted by Crippen LogP contribution is 2.36. The van der Waals surface area contributed by atoms with Gasteiger partial charge in [0.2, 0.25) is 0 Å². The van der Waals surface area contributed by atoms with Crippen LogP contribution in [0.4, 0.5) is 16.2 Å². The van der Waals surface area contributed by atoms with E-state index in [0.717, 1.165) is 0 Å². The molecule has 0 aliphatic heterocycles. The molecular formula is C19H23ClN2O3. The molecule has 2 N–H and O–H groups in total. The van der Waals surface area contributed by atoms with Crippen molar-refractivity contribution in [3.8, 4) is 11.5 Å². The van der Waals surface area contributed by atoms with Gasteiger partial charge in [-0.3, -0.25) is 0 Å². The highest BCUT2D eigenvalue weighted by molar-refractivity contribution is 6.32. The van der Waals surface area contributed by atoms with Crippen LogP contribution >= 0.6 is 11.6 Å². The van der Waals surface area contributed by atoms with Crippen LogP contribution in [0, 0.1) is 0 Å². The van der Waals surface area contributed by atoms with Crippen LogP contribution in [-0.4, -0.2) is 20.3 Å². The zero-order valence-electron chi connectivity index (χ0n) is 15.1. The molecule has 6 heteroatoms. The molecule has 2 rings (SSSR count). The second kappa shape index (κ2) is 7.66. The SMILES string of the molecule is COc1cc(NC(=O)Nc2ccc(C(C)(C)C)cc2)c(OC)cc1Cl. The number of nitrogens with one attached hydrogen (secondary N) is 2. The maximum absolute atomic E-state index is 12.3. The Kier molecular flexibility index (Phi) is 5.80. The summed E-state index contributed by atoms with van der Waals surface area (Å²) in [5.41, 5.74) is 2.43. The Bertz CT molecular complexity index is 752. The molecule has 2 amide bonds. The van der Waals surface area contributed by atoms with Crippen molar-refractivity contribution in [3.63, 3.8) is 0 Å². The van der Waals surface area contributed by atoms with Crippen LogP contribution in [-0.2, 0) is 5.41 Å². The lowest BCUT2D eigenvalue weighted by atomic mass is 9.87. The van der Waals surface area contributed by atoms with Crippen LogP contribution in [0.5, 0.6) is 11.5 Å². The number of amides is 2. The predicted octanol–water partition coefficient (Wildman–Crippen LogP) is 5.30. The second-order valence-corrected chi connectivity index (χ2v) is 7.00. The standard InChI is InChI=1S/C19H23ClN2O3/c1-19(2,3)12-6-8-13(9-7-12)21-18(23)22-15-11-16(24-4)14(20)10-17(15)25-5/h6-11H,1-5H3,(H2,21,22,23). The third-order valence-corrected chi connectivity index (χ3v) is 4.03. The molecule has 0 aliphatic rings. The van der Waals surface area contributed by atoms with Gasteiger partial charge in [0.25, 0.3) is 0 Å². The second-order valence-electron chi connectivity index (χ2n) is 6.59. The van der Waals surface area contributed by atoms with Crippen molar-refractivity contribution in [2.75, 3.05) is 24.9 Å². The maximum Gasteiger partial charge on any atom is 0.323 e. The molecule has 0 aliphatic carbocycles. The van der Waals surface area contributed by atoms with E-state index in [0.29, 0.717) is 27.9 Å². The molecule has 134 valence electrons. The number of ether oxygens (including phenoxy) is 2. The molecule has 0 saturated carbocycles. The monoisotopic (exact) mass is 362 g/mol. The third-order valence-electron chi connectivity index (χ3n) is 3.73. The fourth-order valence-electron chi connectivity index (χ4n) is 2.30. The van der Waals surface area contributed by atoms with Crippen LogP contribution in [0.1, 0.15) is 26.3 Å². The zero-order chi connectivity index (χ0) is 18.6. The van der Waals surface area contributed by atoms with Gasteiger partial charge in [-0.2, -0.15) is 0 Å². The Hall–Kier alpha value is -2.40. The minimum atomic E-state index is -0.383. The van der Waals surface area contributed by atoms with Gasteiger partial charge < -0.3 is 20.1 Å². The number of methoxy groups -OCH3 is 2. The molecule has 2 aromatic carbocycles. The smallest absolute Gasteiger partial charge is 0.323 e.